The third-order valence-corrected chi connectivity index (χ3v) is 4.52. The van der Waals surface area contributed by atoms with Gasteiger partial charge in [-0.05, 0) is 23.9 Å². The molecule has 1 saturated heterocycles. The van der Waals surface area contributed by atoms with Crippen LogP contribution in [-0.2, 0) is 0 Å². The average Bonchev–Trinajstić information content (AvgIpc) is 2.98. The number of carbonyl (C=O) groups is 2. The van der Waals surface area contributed by atoms with Gasteiger partial charge in [0.25, 0.3) is 11.8 Å². The Kier molecular flexibility index (Phi) is 4.66. The van der Waals surface area contributed by atoms with Crippen molar-refractivity contribution < 1.29 is 14.0 Å². The summed E-state index contributed by atoms with van der Waals surface area (Å²) in [6.45, 7) is 1.95. The van der Waals surface area contributed by atoms with Crippen molar-refractivity contribution in [1.29, 1.82) is 0 Å². The molecule has 0 saturated carbocycles. The maximum atomic E-state index is 13.7. The van der Waals surface area contributed by atoms with Gasteiger partial charge in [-0.25, -0.2) is 4.39 Å². The minimum absolute atomic E-state index is 0.0179. The van der Waals surface area contributed by atoms with Crippen LogP contribution in [0.1, 0.15) is 27.1 Å². The molecule has 1 aliphatic rings. The largest absolute Gasteiger partial charge is 0.337 e. The summed E-state index contributed by atoms with van der Waals surface area (Å²) < 4.78 is 13.7. The van der Waals surface area contributed by atoms with E-state index in [1.165, 1.54) is 23.6 Å². The van der Waals surface area contributed by atoms with Gasteiger partial charge in [-0.1, -0.05) is 0 Å². The van der Waals surface area contributed by atoms with Crippen LogP contribution in [0.3, 0.4) is 0 Å². The van der Waals surface area contributed by atoms with Gasteiger partial charge in [-0.15, -0.1) is 0 Å². The summed E-state index contributed by atoms with van der Waals surface area (Å²) in [4.78, 5) is 31.8. The third kappa shape index (κ3) is 3.39. The number of halogens is 1. The molecule has 23 heavy (non-hydrogen) atoms. The number of rotatable bonds is 2. The van der Waals surface area contributed by atoms with Gasteiger partial charge in [0.2, 0.25) is 0 Å². The normalized spacial score (nSPS) is 15.3. The molecule has 3 heterocycles. The van der Waals surface area contributed by atoms with Crippen LogP contribution in [0.4, 0.5) is 4.39 Å². The molecule has 2 aromatic heterocycles. The number of thiophene rings is 1. The Morgan fingerprint density at radius 2 is 1.83 bits per heavy atom. The molecule has 2 amide bonds. The van der Waals surface area contributed by atoms with E-state index in [9.17, 15) is 14.0 Å². The van der Waals surface area contributed by atoms with Crippen LogP contribution in [0.5, 0.6) is 0 Å². The Hall–Kier alpha value is -2.28. The summed E-state index contributed by atoms with van der Waals surface area (Å²) in [6.07, 6.45) is 3.12. The molecule has 0 spiro atoms. The van der Waals surface area contributed by atoms with Gasteiger partial charge in [0.15, 0.2) is 5.82 Å². The topological polar surface area (TPSA) is 53.5 Å². The molecule has 0 unspecified atom stereocenters. The summed E-state index contributed by atoms with van der Waals surface area (Å²) >= 11 is 1.48. The summed E-state index contributed by atoms with van der Waals surface area (Å²) in [5.74, 6) is -0.988. The molecule has 1 aliphatic heterocycles. The second-order valence-electron chi connectivity index (χ2n) is 5.31. The van der Waals surface area contributed by atoms with Crippen LogP contribution in [0.25, 0.3) is 0 Å². The first-order chi connectivity index (χ1) is 11.2. The Morgan fingerprint density at radius 1 is 1.09 bits per heavy atom. The molecule has 0 aliphatic carbocycles. The molecule has 0 N–H and O–H groups in total. The van der Waals surface area contributed by atoms with E-state index in [2.05, 4.69) is 4.98 Å². The first-order valence-corrected chi connectivity index (χ1v) is 8.31. The maximum Gasteiger partial charge on any atom is 0.257 e. The van der Waals surface area contributed by atoms with Gasteiger partial charge in [0.1, 0.15) is 0 Å². The van der Waals surface area contributed by atoms with Crippen LogP contribution in [0.2, 0.25) is 0 Å². The summed E-state index contributed by atoms with van der Waals surface area (Å²) in [7, 11) is 0. The van der Waals surface area contributed by atoms with Gasteiger partial charge >= 0.3 is 0 Å². The first kappa shape index (κ1) is 15.6. The fourth-order valence-electron chi connectivity index (χ4n) is 2.61. The molecule has 2 aromatic rings. The van der Waals surface area contributed by atoms with Crippen LogP contribution in [-0.4, -0.2) is 52.8 Å². The highest BCUT2D eigenvalue weighted by Gasteiger charge is 2.25. The molecule has 3 rings (SSSR count). The highest BCUT2D eigenvalue weighted by molar-refractivity contribution is 7.08. The van der Waals surface area contributed by atoms with Gasteiger partial charge in [0.05, 0.1) is 17.3 Å². The van der Waals surface area contributed by atoms with Crippen molar-refractivity contribution >= 4 is 23.2 Å². The number of aromatic nitrogens is 1. The van der Waals surface area contributed by atoms with Crippen molar-refractivity contribution in [2.24, 2.45) is 0 Å². The highest BCUT2D eigenvalue weighted by Crippen LogP contribution is 2.14. The lowest BCUT2D eigenvalue weighted by molar-refractivity contribution is 0.0716. The fourth-order valence-corrected chi connectivity index (χ4v) is 3.24. The quantitative estimate of drug-likeness (QED) is 0.847. The monoisotopic (exact) mass is 333 g/mol. The minimum Gasteiger partial charge on any atom is -0.337 e. The standard InChI is InChI=1S/C16H16FN3O2S/c17-14-10-18-4-2-13(14)16(22)20-6-1-5-19(7-8-20)15(21)12-3-9-23-11-12/h2-4,9-11H,1,5-8H2. The smallest absolute Gasteiger partial charge is 0.257 e. The summed E-state index contributed by atoms with van der Waals surface area (Å²) in [6, 6.07) is 3.18. The molecule has 0 atom stereocenters. The zero-order valence-electron chi connectivity index (χ0n) is 12.4. The number of hydrogen-bond donors (Lipinski definition) is 0. The van der Waals surface area contributed by atoms with Gasteiger partial charge in [0, 0.05) is 37.8 Å². The van der Waals surface area contributed by atoms with Crippen LogP contribution in [0.15, 0.2) is 35.3 Å². The Morgan fingerprint density at radius 3 is 2.48 bits per heavy atom. The van der Waals surface area contributed by atoms with E-state index in [-0.39, 0.29) is 17.4 Å². The van der Waals surface area contributed by atoms with Gasteiger partial charge < -0.3 is 9.80 Å². The van der Waals surface area contributed by atoms with Crippen molar-refractivity contribution in [3.8, 4) is 0 Å². The fraction of sp³-hybridized carbons (Fsp3) is 0.312. The van der Waals surface area contributed by atoms with Crippen LogP contribution < -0.4 is 0 Å². The minimum atomic E-state index is -0.618. The van der Waals surface area contributed by atoms with E-state index in [1.54, 1.807) is 15.9 Å². The lowest BCUT2D eigenvalue weighted by atomic mass is 10.2. The molecule has 0 bridgehead atoms. The van der Waals surface area contributed by atoms with Crippen molar-refractivity contribution in [3.05, 3.63) is 52.2 Å². The second kappa shape index (κ2) is 6.87. The molecule has 5 nitrogen and oxygen atoms in total. The summed E-state index contributed by atoms with van der Waals surface area (Å²) in [5, 5.41) is 3.69. The van der Waals surface area contributed by atoms with E-state index in [0.29, 0.717) is 38.2 Å². The SMILES string of the molecule is O=C(c1ccsc1)N1CCCN(C(=O)c2ccncc2F)CC1. The van der Waals surface area contributed by atoms with E-state index >= 15 is 0 Å². The molecule has 0 radical (unpaired) electrons. The van der Waals surface area contributed by atoms with Gasteiger partial charge in [-0.2, -0.15) is 11.3 Å². The maximum absolute atomic E-state index is 13.7. The van der Waals surface area contributed by atoms with Crippen molar-refractivity contribution in [2.75, 3.05) is 26.2 Å². The highest BCUT2D eigenvalue weighted by atomic mass is 32.1. The zero-order chi connectivity index (χ0) is 16.2. The Bertz CT molecular complexity index is 705. The molecule has 0 aromatic carbocycles. The van der Waals surface area contributed by atoms with Crippen molar-refractivity contribution in [1.82, 2.24) is 14.8 Å². The Balaban J connectivity index is 1.68. The molecular formula is C16H16FN3O2S. The number of amides is 2. The average molecular weight is 333 g/mol. The predicted molar refractivity (Wildman–Crippen MR) is 84.9 cm³/mol. The lowest BCUT2D eigenvalue weighted by Crippen LogP contribution is -2.37. The Labute approximate surface area is 137 Å². The zero-order valence-corrected chi connectivity index (χ0v) is 13.3. The second-order valence-corrected chi connectivity index (χ2v) is 6.09. The predicted octanol–water partition coefficient (Wildman–Crippen LogP) is 2.27. The molecule has 7 heteroatoms. The van der Waals surface area contributed by atoms with Crippen LogP contribution in [0, 0.1) is 5.82 Å². The van der Waals surface area contributed by atoms with E-state index in [0.717, 1.165) is 6.20 Å². The van der Waals surface area contributed by atoms with E-state index in [4.69, 9.17) is 0 Å². The summed E-state index contributed by atoms with van der Waals surface area (Å²) in [5.41, 5.74) is 0.701. The third-order valence-electron chi connectivity index (χ3n) is 3.84. The number of carbonyl (C=O) groups excluding carboxylic acids is 2. The van der Waals surface area contributed by atoms with Gasteiger partial charge in [-0.3, -0.25) is 14.6 Å². The van der Waals surface area contributed by atoms with E-state index < -0.39 is 5.82 Å². The number of hydrogen-bond acceptors (Lipinski definition) is 4. The van der Waals surface area contributed by atoms with Crippen molar-refractivity contribution in [3.63, 3.8) is 0 Å². The molecular weight excluding hydrogens is 317 g/mol. The number of nitrogens with zero attached hydrogens (tertiary/aromatic N) is 3. The number of pyridine rings is 1. The lowest BCUT2D eigenvalue weighted by Gasteiger charge is -2.22. The van der Waals surface area contributed by atoms with Crippen LogP contribution >= 0.6 is 11.3 Å². The van der Waals surface area contributed by atoms with E-state index in [1.807, 2.05) is 10.8 Å². The molecule has 1 fully saturated rings. The first-order valence-electron chi connectivity index (χ1n) is 7.37. The molecule has 120 valence electrons. The van der Waals surface area contributed by atoms with Crippen molar-refractivity contribution in [2.45, 2.75) is 6.42 Å².